The average molecular weight is 496 g/mol. The van der Waals surface area contributed by atoms with E-state index in [4.69, 9.17) is 20.9 Å². The number of carbonyl (C=O) groups is 3. The average Bonchev–Trinajstić information content (AvgIpc) is 3.13. The van der Waals surface area contributed by atoms with Crippen molar-refractivity contribution in [2.24, 2.45) is 5.92 Å². The lowest BCUT2D eigenvalue weighted by Crippen LogP contribution is -2.51. The van der Waals surface area contributed by atoms with Gasteiger partial charge in [0.15, 0.2) is 11.9 Å². The number of amides is 2. The Kier molecular flexibility index (Phi) is 7.38. The van der Waals surface area contributed by atoms with E-state index in [0.29, 0.717) is 16.7 Å². The van der Waals surface area contributed by atoms with Crippen LogP contribution >= 0.6 is 27.5 Å². The maximum Gasteiger partial charge on any atom is 0.550 e. The molecule has 10 heteroatoms. The fourth-order valence-corrected chi connectivity index (χ4v) is 3.76. The summed E-state index contributed by atoms with van der Waals surface area (Å²) in [6.07, 6.45) is 4.52. The molecule has 2 amide bonds. The largest absolute Gasteiger partial charge is 0.550 e. The Morgan fingerprint density at radius 2 is 2.10 bits per heavy atom. The highest BCUT2D eigenvalue weighted by Gasteiger charge is 2.46. The van der Waals surface area contributed by atoms with Crippen LogP contribution in [0.1, 0.15) is 30.6 Å². The Morgan fingerprint density at radius 3 is 2.80 bits per heavy atom. The maximum atomic E-state index is 12.5. The van der Waals surface area contributed by atoms with Crippen LogP contribution in [0, 0.1) is 5.92 Å². The third-order valence-corrected chi connectivity index (χ3v) is 5.37. The Morgan fingerprint density at radius 1 is 1.33 bits per heavy atom. The molecule has 3 rings (SSSR count). The van der Waals surface area contributed by atoms with Crippen LogP contribution in [0.2, 0.25) is 5.02 Å². The minimum atomic E-state index is -0.785. The molecule has 0 aromatic heterocycles. The maximum absolute atomic E-state index is 12.5. The fourth-order valence-electron chi connectivity index (χ4n) is 3.19. The third-order valence-electron chi connectivity index (χ3n) is 4.54. The van der Waals surface area contributed by atoms with Crippen molar-refractivity contribution in [3.63, 3.8) is 0 Å². The number of rotatable bonds is 7. The summed E-state index contributed by atoms with van der Waals surface area (Å²) >= 11 is 9.34. The zero-order valence-electron chi connectivity index (χ0n) is 16.5. The molecule has 2 unspecified atom stereocenters. The van der Waals surface area contributed by atoms with Gasteiger partial charge in [0, 0.05) is 4.47 Å². The molecule has 2 aliphatic rings. The highest BCUT2D eigenvalue weighted by atomic mass is 79.9. The number of ketones is 1. The summed E-state index contributed by atoms with van der Waals surface area (Å²) in [6, 6.07) is 4.90. The van der Waals surface area contributed by atoms with Gasteiger partial charge in [0.2, 0.25) is 5.91 Å². The van der Waals surface area contributed by atoms with Crippen LogP contribution in [-0.4, -0.2) is 43.3 Å². The first-order valence-corrected chi connectivity index (χ1v) is 10.7. The number of nitrogens with one attached hydrogen (secondary N) is 2. The molecular weight excluding hydrogens is 474 g/mol. The van der Waals surface area contributed by atoms with Crippen molar-refractivity contribution in [3.8, 4) is 0 Å². The molecule has 1 heterocycles. The third kappa shape index (κ3) is 5.53. The number of halogens is 2. The Hall–Kier alpha value is -2.10. The van der Waals surface area contributed by atoms with E-state index < -0.39 is 31.0 Å². The minimum absolute atomic E-state index is 0.192. The van der Waals surface area contributed by atoms with Crippen LogP contribution in [0.3, 0.4) is 0 Å². The van der Waals surface area contributed by atoms with Crippen LogP contribution in [0.15, 0.2) is 46.7 Å². The van der Waals surface area contributed by atoms with Crippen molar-refractivity contribution >= 4 is 52.2 Å². The van der Waals surface area contributed by atoms with Gasteiger partial charge in [-0.3, -0.25) is 14.4 Å². The van der Waals surface area contributed by atoms with Gasteiger partial charge in [-0.05, 0) is 42.7 Å². The van der Waals surface area contributed by atoms with E-state index in [1.165, 1.54) is 6.08 Å². The summed E-state index contributed by atoms with van der Waals surface area (Å²) in [5.41, 5.74) is 0.266. The van der Waals surface area contributed by atoms with E-state index in [9.17, 15) is 14.4 Å². The fraction of sp³-hybridized carbons (Fsp3) is 0.350. The van der Waals surface area contributed by atoms with Crippen LogP contribution in [0.5, 0.6) is 0 Å². The Labute approximate surface area is 188 Å². The molecule has 1 aromatic carbocycles. The van der Waals surface area contributed by atoms with E-state index in [1.807, 2.05) is 13.8 Å². The predicted molar refractivity (Wildman–Crippen MR) is 117 cm³/mol. The van der Waals surface area contributed by atoms with Crippen LogP contribution in [-0.2, 0) is 18.9 Å². The molecule has 158 valence electrons. The van der Waals surface area contributed by atoms with Gasteiger partial charge in [0.1, 0.15) is 5.76 Å². The first kappa shape index (κ1) is 22.6. The summed E-state index contributed by atoms with van der Waals surface area (Å²) in [7, 11) is -0.785. The lowest BCUT2D eigenvalue weighted by Gasteiger charge is -2.21. The van der Waals surface area contributed by atoms with Gasteiger partial charge in [0.25, 0.3) is 5.91 Å². The summed E-state index contributed by atoms with van der Waals surface area (Å²) < 4.78 is 12.2. The zero-order valence-corrected chi connectivity index (χ0v) is 18.8. The smallest absolute Gasteiger partial charge is 0.536 e. The van der Waals surface area contributed by atoms with Gasteiger partial charge in [-0.1, -0.05) is 47.5 Å². The standard InChI is InChI=1S/C20H21BBrClN2O5/c1-11(2)8-17(21-29-16-5-3-4-15(26)19(16)30-21)25-18(27)10-24-20(28)13-9-12(22)6-7-14(13)23/h3-7,9,11,17,19H,8,10H2,1-2H3,(H,24,28)(H,25,27). The van der Waals surface area contributed by atoms with E-state index in [2.05, 4.69) is 26.6 Å². The molecule has 0 spiro atoms. The summed E-state index contributed by atoms with van der Waals surface area (Å²) in [6.45, 7) is 3.77. The highest BCUT2D eigenvalue weighted by molar-refractivity contribution is 9.10. The molecule has 2 atom stereocenters. The predicted octanol–water partition coefficient (Wildman–Crippen LogP) is 2.83. The molecule has 1 saturated heterocycles. The lowest BCUT2D eigenvalue weighted by atomic mass is 9.74. The highest BCUT2D eigenvalue weighted by Crippen LogP contribution is 2.27. The number of allylic oxidation sites excluding steroid dienone is 2. The van der Waals surface area contributed by atoms with Crippen molar-refractivity contribution in [1.82, 2.24) is 10.6 Å². The number of hydrogen-bond acceptors (Lipinski definition) is 5. The van der Waals surface area contributed by atoms with Crippen LogP contribution in [0.25, 0.3) is 0 Å². The van der Waals surface area contributed by atoms with Gasteiger partial charge in [0.05, 0.1) is 23.1 Å². The normalized spacial score (nSPS) is 18.6. The van der Waals surface area contributed by atoms with Gasteiger partial charge in [-0.15, -0.1) is 0 Å². The SMILES string of the molecule is CC(C)CC(NC(=O)CNC(=O)c1cc(Br)ccc1Cl)B1OC2=CC=CC(=O)C2O1. The van der Waals surface area contributed by atoms with E-state index in [0.717, 1.165) is 0 Å². The van der Waals surface area contributed by atoms with Crippen molar-refractivity contribution in [1.29, 1.82) is 0 Å². The quantitative estimate of drug-likeness (QED) is 0.568. The Bertz CT molecular complexity index is 920. The van der Waals surface area contributed by atoms with Crippen molar-refractivity contribution in [3.05, 3.63) is 57.2 Å². The van der Waals surface area contributed by atoms with E-state index >= 15 is 0 Å². The van der Waals surface area contributed by atoms with Crippen molar-refractivity contribution in [2.75, 3.05) is 6.54 Å². The molecule has 0 saturated carbocycles. The van der Waals surface area contributed by atoms with Gasteiger partial charge in [-0.2, -0.15) is 0 Å². The second-order valence-corrected chi connectivity index (χ2v) is 8.77. The van der Waals surface area contributed by atoms with Gasteiger partial charge in [-0.25, -0.2) is 0 Å². The first-order valence-electron chi connectivity index (χ1n) is 9.51. The van der Waals surface area contributed by atoms with Crippen LogP contribution in [0.4, 0.5) is 0 Å². The molecule has 30 heavy (non-hydrogen) atoms. The zero-order chi connectivity index (χ0) is 21.8. The van der Waals surface area contributed by atoms with Gasteiger partial charge < -0.3 is 19.9 Å². The molecule has 1 aliphatic heterocycles. The first-order chi connectivity index (χ1) is 14.2. The molecule has 2 N–H and O–H groups in total. The summed E-state index contributed by atoms with van der Waals surface area (Å²) in [4.78, 5) is 36.8. The summed E-state index contributed by atoms with van der Waals surface area (Å²) in [5, 5.41) is 5.69. The number of benzene rings is 1. The molecular formula is C20H21BBrClN2O5. The lowest BCUT2D eigenvalue weighted by molar-refractivity contribution is -0.120. The number of hydrogen-bond donors (Lipinski definition) is 2. The van der Waals surface area contributed by atoms with E-state index in [-0.39, 0.29) is 28.8 Å². The van der Waals surface area contributed by atoms with Crippen molar-refractivity contribution in [2.45, 2.75) is 32.3 Å². The van der Waals surface area contributed by atoms with E-state index in [1.54, 1.807) is 30.4 Å². The minimum Gasteiger partial charge on any atom is -0.536 e. The van der Waals surface area contributed by atoms with Crippen molar-refractivity contribution < 1.29 is 23.7 Å². The Balaban J connectivity index is 1.60. The molecule has 0 bridgehead atoms. The number of fused-ring (bicyclic) bond motifs is 1. The topological polar surface area (TPSA) is 93.7 Å². The number of carbonyl (C=O) groups excluding carboxylic acids is 3. The molecule has 7 nitrogen and oxygen atoms in total. The monoisotopic (exact) mass is 494 g/mol. The second kappa shape index (κ2) is 9.81. The molecule has 0 radical (unpaired) electrons. The summed E-state index contributed by atoms with van der Waals surface area (Å²) in [5.74, 6) is -0.860. The molecule has 1 aromatic rings. The molecule has 1 fully saturated rings. The molecule has 1 aliphatic carbocycles. The van der Waals surface area contributed by atoms with Gasteiger partial charge >= 0.3 is 7.12 Å². The van der Waals surface area contributed by atoms with Crippen LogP contribution < -0.4 is 10.6 Å². The second-order valence-electron chi connectivity index (χ2n) is 7.44.